The number of nitrogens with zero attached hydrogens (tertiary/aromatic N) is 1. The fraction of sp³-hybridized carbons (Fsp3) is 0.143. The maximum Gasteiger partial charge on any atom is 0.262 e. The molecule has 0 fully saturated rings. The zero-order valence-electron chi connectivity index (χ0n) is 16.0. The normalized spacial score (nSPS) is 12.1. The molecular weight excluding hydrogens is 390 g/mol. The Morgan fingerprint density at radius 1 is 1.03 bits per heavy atom. The number of para-hydroxylation sites is 2. The summed E-state index contributed by atoms with van der Waals surface area (Å²) in [5.41, 5.74) is 1.46. The van der Waals surface area contributed by atoms with E-state index in [0.29, 0.717) is 11.4 Å². The van der Waals surface area contributed by atoms with Crippen LogP contribution in [0.1, 0.15) is 28.9 Å². The summed E-state index contributed by atoms with van der Waals surface area (Å²) in [7, 11) is -2.44. The number of ether oxygens (including phenoxy) is 1. The topological polar surface area (TPSA) is 97.4 Å². The number of anilines is 1. The van der Waals surface area contributed by atoms with Gasteiger partial charge in [-0.15, -0.1) is 0 Å². The molecule has 0 aliphatic rings. The Balaban J connectivity index is 1.80. The third kappa shape index (κ3) is 4.91. The van der Waals surface area contributed by atoms with Gasteiger partial charge in [0, 0.05) is 18.0 Å². The van der Waals surface area contributed by atoms with Crippen molar-refractivity contribution in [3.05, 3.63) is 84.2 Å². The van der Waals surface area contributed by atoms with Crippen LogP contribution < -0.4 is 14.8 Å². The minimum absolute atomic E-state index is 0.0207. The largest absolute Gasteiger partial charge is 0.495 e. The summed E-state index contributed by atoms with van der Waals surface area (Å²) in [6, 6.07) is 15.9. The summed E-state index contributed by atoms with van der Waals surface area (Å²) in [6.45, 7) is 1.84. The van der Waals surface area contributed by atoms with Gasteiger partial charge in [0.15, 0.2) is 0 Å². The molecule has 3 rings (SSSR count). The second-order valence-electron chi connectivity index (χ2n) is 6.31. The van der Waals surface area contributed by atoms with Crippen LogP contribution in [0, 0.1) is 0 Å². The first kappa shape index (κ1) is 20.3. The lowest BCUT2D eigenvalue weighted by Gasteiger charge is -2.15. The number of rotatable bonds is 7. The molecule has 0 spiro atoms. The third-order valence-electron chi connectivity index (χ3n) is 4.31. The summed E-state index contributed by atoms with van der Waals surface area (Å²) in [5, 5.41) is 2.86. The molecule has 0 saturated heterocycles. The minimum Gasteiger partial charge on any atom is -0.495 e. The van der Waals surface area contributed by atoms with Crippen LogP contribution in [0.25, 0.3) is 0 Å². The van der Waals surface area contributed by atoms with Crippen LogP contribution in [0.15, 0.2) is 78.0 Å². The molecule has 0 aliphatic carbocycles. The molecule has 1 aromatic heterocycles. The minimum atomic E-state index is -3.90. The van der Waals surface area contributed by atoms with Crippen LogP contribution in [0.3, 0.4) is 0 Å². The smallest absolute Gasteiger partial charge is 0.262 e. The molecule has 0 unspecified atom stereocenters. The summed E-state index contributed by atoms with van der Waals surface area (Å²) in [6.07, 6.45) is 3.30. The maximum atomic E-state index is 12.8. The molecule has 7 nitrogen and oxygen atoms in total. The van der Waals surface area contributed by atoms with Gasteiger partial charge in [-0.3, -0.25) is 14.5 Å². The molecule has 0 bridgehead atoms. The van der Waals surface area contributed by atoms with Crippen molar-refractivity contribution in [1.82, 2.24) is 10.3 Å². The van der Waals surface area contributed by atoms with Gasteiger partial charge in [0.05, 0.1) is 23.7 Å². The van der Waals surface area contributed by atoms with Crippen molar-refractivity contribution in [1.29, 1.82) is 0 Å². The third-order valence-corrected chi connectivity index (χ3v) is 5.67. The molecular formula is C21H21N3O4S. The zero-order chi connectivity index (χ0) is 20.9. The van der Waals surface area contributed by atoms with E-state index < -0.39 is 10.0 Å². The van der Waals surface area contributed by atoms with Crippen molar-refractivity contribution < 1.29 is 17.9 Å². The summed E-state index contributed by atoms with van der Waals surface area (Å²) < 4.78 is 33.2. The Kier molecular flexibility index (Phi) is 6.13. The highest BCUT2D eigenvalue weighted by molar-refractivity contribution is 7.92. The molecule has 0 radical (unpaired) electrons. The van der Waals surface area contributed by atoms with E-state index in [0.717, 1.165) is 5.56 Å². The van der Waals surface area contributed by atoms with Crippen LogP contribution in [-0.4, -0.2) is 26.4 Å². The average molecular weight is 411 g/mol. The lowest BCUT2D eigenvalue weighted by molar-refractivity contribution is 0.0939. The van der Waals surface area contributed by atoms with Gasteiger partial charge >= 0.3 is 0 Å². The molecule has 150 valence electrons. The number of amides is 1. The molecule has 1 amide bonds. The van der Waals surface area contributed by atoms with E-state index in [1.807, 2.05) is 19.1 Å². The Morgan fingerprint density at radius 3 is 2.48 bits per heavy atom. The molecule has 1 atom stereocenters. The first-order chi connectivity index (χ1) is 13.9. The number of aromatic nitrogens is 1. The number of methoxy groups -OCH3 is 1. The highest BCUT2D eigenvalue weighted by Gasteiger charge is 2.19. The summed E-state index contributed by atoms with van der Waals surface area (Å²) in [5.74, 6) is 0.0276. The van der Waals surface area contributed by atoms with Gasteiger partial charge in [-0.2, -0.15) is 0 Å². The first-order valence-corrected chi connectivity index (χ1v) is 10.4. The lowest BCUT2D eigenvalue weighted by atomic mass is 10.1. The van der Waals surface area contributed by atoms with Crippen LogP contribution in [0.4, 0.5) is 5.69 Å². The fourth-order valence-corrected chi connectivity index (χ4v) is 3.87. The monoisotopic (exact) mass is 411 g/mol. The Labute approximate surface area is 169 Å². The van der Waals surface area contributed by atoms with Crippen molar-refractivity contribution in [2.45, 2.75) is 17.9 Å². The number of benzene rings is 2. The number of sulfonamides is 1. The van der Waals surface area contributed by atoms with Gasteiger partial charge < -0.3 is 10.1 Å². The second kappa shape index (κ2) is 8.74. The number of hydrogen-bond donors (Lipinski definition) is 2. The zero-order valence-corrected chi connectivity index (χ0v) is 16.8. The van der Waals surface area contributed by atoms with Crippen molar-refractivity contribution >= 4 is 21.6 Å². The standard InChI is InChI=1S/C21H21N3O4S/c1-15(16-10-12-22-13-11-16)23-21(25)17-6-5-7-18(14-17)29(26,27)24-19-8-3-4-9-20(19)28-2/h3-15,24H,1-2H3,(H,23,25)/t15-/m0/s1. The van der Waals surface area contributed by atoms with Gasteiger partial charge in [-0.1, -0.05) is 18.2 Å². The molecule has 0 saturated carbocycles. The fourth-order valence-electron chi connectivity index (χ4n) is 2.75. The maximum absolute atomic E-state index is 12.8. The van der Waals surface area contributed by atoms with Gasteiger partial charge in [0.25, 0.3) is 15.9 Å². The molecule has 2 N–H and O–H groups in total. The van der Waals surface area contributed by atoms with E-state index in [1.165, 1.54) is 25.3 Å². The predicted octanol–water partition coefficient (Wildman–Crippen LogP) is 3.38. The first-order valence-electron chi connectivity index (χ1n) is 8.87. The molecule has 1 heterocycles. The molecule has 8 heteroatoms. The molecule has 0 aliphatic heterocycles. The highest BCUT2D eigenvalue weighted by atomic mass is 32.2. The van der Waals surface area contributed by atoms with Crippen molar-refractivity contribution in [3.63, 3.8) is 0 Å². The second-order valence-corrected chi connectivity index (χ2v) is 7.99. The van der Waals surface area contributed by atoms with Crippen molar-refractivity contribution in [2.75, 3.05) is 11.8 Å². The van der Waals surface area contributed by atoms with Gasteiger partial charge in [0.1, 0.15) is 5.75 Å². The van der Waals surface area contributed by atoms with E-state index in [4.69, 9.17) is 4.74 Å². The highest BCUT2D eigenvalue weighted by Crippen LogP contribution is 2.26. The number of nitrogens with one attached hydrogen (secondary N) is 2. The number of hydrogen-bond acceptors (Lipinski definition) is 5. The molecule has 29 heavy (non-hydrogen) atoms. The van der Waals surface area contributed by atoms with E-state index >= 15 is 0 Å². The quantitative estimate of drug-likeness (QED) is 0.621. The molecule has 2 aromatic carbocycles. The van der Waals surface area contributed by atoms with Crippen LogP contribution >= 0.6 is 0 Å². The number of carbonyl (C=O) groups is 1. The van der Waals surface area contributed by atoms with E-state index in [9.17, 15) is 13.2 Å². The van der Waals surface area contributed by atoms with E-state index in [1.54, 1.807) is 42.7 Å². The summed E-state index contributed by atoms with van der Waals surface area (Å²) in [4.78, 5) is 16.5. The Hall–Kier alpha value is -3.39. The lowest BCUT2D eigenvalue weighted by Crippen LogP contribution is -2.27. The van der Waals surface area contributed by atoms with Gasteiger partial charge in [-0.05, 0) is 55.0 Å². The molecule has 3 aromatic rings. The van der Waals surface area contributed by atoms with Crippen LogP contribution in [-0.2, 0) is 10.0 Å². The van der Waals surface area contributed by atoms with Gasteiger partial charge in [-0.25, -0.2) is 8.42 Å². The van der Waals surface area contributed by atoms with E-state index in [2.05, 4.69) is 15.0 Å². The Morgan fingerprint density at radius 2 is 1.76 bits per heavy atom. The van der Waals surface area contributed by atoms with Crippen LogP contribution in [0.2, 0.25) is 0 Å². The van der Waals surface area contributed by atoms with Gasteiger partial charge in [0.2, 0.25) is 0 Å². The van der Waals surface area contributed by atoms with Crippen molar-refractivity contribution in [2.24, 2.45) is 0 Å². The van der Waals surface area contributed by atoms with Crippen LogP contribution in [0.5, 0.6) is 5.75 Å². The van der Waals surface area contributed by atoms with E-state index in [-0.39, 0.29) is 22.4 Å². The predicted molar refractivity (Wildman–Crippen MR) is 110 cm³/mol. The number of carbonyl (C=O) groups excluding carboxylic acids is 1. The van der Waals surface area contributed by atoms with Crippen molar-refractivity contribution in [3.8, 4) is 5.75 Å². The summed E-state index contributed by atoms with van der Waals surface area (Å²) >= 11 is 0. The Bertz CT molecular complexity index is 1100. The average Bonchev–Trinajstić information content (AvgIpc) is 2.74. The SMILES string of the molecule is COc1ccccc1NS(=O)(=O)c1cccc(C(=O)N[C@@H](C)c2ccncc2)c1. The number of pyridine rings is 1.